The second kappa shape index (κ2) is 8.66. The zero-order valence-corrected chi connectivity index (χ0v) is 17.8. The van der Waals surface area contributed by atoms with Crippen LogP contribution < -0.4 is 0 Å². The molecule has 2 aromatic carbocycles. The predicted molar refractivity (Wildman–Crippen MR) is 113 cm³/mol. The van der Waals surface area contributed by atoms with E-state index < -0.39 is 15.1 Å². The van der Waals surface area contributed by atoms with Crippen LogP contribution in [0.1, 0.15) is 48.1 Å². The van der Waals surface area contributed by atoms with E-state index in [0.717, 1.165) is 5.56 Å². The predicted octanol–water partition coefficient (Wildman–Crippen LogP) is 4.39. The van der Waals surface area contributed by atoms with Gasteiger partial charge in [-0.15, -0.1) is 0 Å². The fourth-order valence-electron chi connectivity index (χ4n) is 3.59. The summed E-state index contributed by atoms with van der Waals surface area (Å²) in [7, 11) is -3.37. The van der Waals surface area contributed by atoms with E-state index in [1.54, 1.807) is 29.2 Å². The smallest absolute Gasteiger partial charge is 0.227 e. The third-order valence-corrected chi connectivity index (χ3v) is 7.80. The molecule has 0 N–H and O–H groups in total. The van der Waals surface area contributed by atoms with Crippen molar-refractivity contribution in [3.05, 3.63) is 70.2 Å². The Labute approximate surface area is 172 Å². The van der Waals surface area contributed by atoms with Crippen LogP contribution in [0.25, 0.3) is 0 Å². The number of rotatable bonds is 4. The molecule has 0 saturated carbocycles. The van der Waals surface area contributed by atoms with Crippen LogP contribution in [0, 0.1) is 0 Å². The van der Waals surface area contributed by atoms with Gasteiger partial charge >= 0.3 is 0 Å². The van der Waals surface area contributed by atoms with Crippen LogP contribution in [0.2, 0.25) is 5.02 Å². The van der Waals surface area contributed by atoms with Gasteiger partial charge in [0.2, 0.25) is 5.91 Å². The summed E-state index contributed by atoms with van der Waals surface area (Å²) in [5.41, 5.74) is 2.81. The number of amides is 1. The lowest BCUT2D eigenvalue weighted by Crippen LogP contribution is -2.34. The molecule has 1 unspecified atom stereocenters. The lowest BCUT2D eigenvalue weighted by Gasteiger charge is -2.20. The zero-order valence-electron chi connectivity index (χ0n) is 16.3. The molecular formula is C22H26ClNO3S. The van der Waals surface area contributed by atoms with Crippen molar-refractivity contribution in [3.8, 4) is 0 Å². The van der Waals surface area contributed by atoms with Crippen molar-refractivity contribution in [2.24, 2.45) is 0 Å². The summed E-state index contributed by atoms with van der Waals surface area (Å²) in [6, 6.07) is 15.1. The Bertz CT molecular complexity index is 939. The molecule has 4 nitrogen and oxygen atoms in total. The summed E-state index contributed by atoms with van der Waals surface area (Å²) in [4.78, 5) is 14.4. The van der Waals surface area contributed by atoms with E-state index in [4.69, 9.17) is 11.6 Å². The zero-order chi connectivity index (χ0) is 20.3. The maximum absolute atomic E-state index is 12.8. The Hall–Kier alpha value is -1.85. The molecule has 150 valence electrons. The van der Waals surface area contributed by atoms with E-state index in [0.29, 0.717) is 29.5 Å². The molecule has 1 amide bonds. The second-order valence-electron chi connectivity index (χ2n) is 7.62. The van der Waals surface area contributed by atoms with E-state index >= 15 is 0 Å². The van der Waals surface area contributed by atoms with Gasteiger partial charge in [0, 0.05) is 18.1 Å². The lowest BCUT2D eigenvalue weighted by molar-refractivity contribution is -0.130. The summed E-state index contributed by atoms with van der Waals surface area (Å²) >= 11 is 6.23. The molecule has 1 aliphatic heterocycles. The third kappa shape index (κ3) is 4.76. The van der Waals surface area contributed by atoms with Crippen LogP contribution in [0.5, 0.6) is 0 Å². The molecule has 0 spiro atoms. The lowest BCUT2D eigenvalue weighted by atomic mass is 10.0. The number of halogens is 1. The molecule has 1 aliphatic rings. The van der Waals surface area contributed by atoms with Gasteiger partial charge in [-0.05, 0) is 35.1 Å². The molecule has 1 atom stereocenters. The van der Waals surface area contributed by atoms with Gasteiger partial charge in [-0.3, -0.25) is 4.79 Å². The Balaban J connectivity index is 1.71. The molecule has 6 heteroatoms. The fourth-order valence-corrected chi connectivity index (χ4v) is 5.73. The molecular weight excluding hydrogens is 394 g/mol. The standard InChI is InChI=1S/C22H26ClNO3S/c1-16(2)18-9-7-17(8-10-18)15-22(25)24-12-11-21(28(26,27)14-13-24)19-5-3-4-6-20(19)23/h3-10,16,21H,11-15H2,1-2H3. The summed E-state index contributed by atoms with van der Waals surface area (Å²) < 4.78 is 25.6. The molecule has 1 heterocycles. The molecule has 28 heavy (non-hydrogen) atoms. The minimum Gasteiger partial charge on any atom is -0.341 e. The first-order valence-corrected chi connectivity index (χ1v) is 11.7. The largest absolute Gasteiger partial charge is 0.341 e. The molecule has 2 aromatic rings. The molecule has 1 fully saturated rings. The Kier molecular flexibility index (Phi) is 6.46. The van der Waals surface area contributed by atoms with E-state index in [1.165, 1.54) is 5.56 Å². The summed E-state index contributed by atoms with van der Waals surface area (Å²) in [6.07, 6.45) is 0.652. The molecule has 3 rings (SSSR count). The highest BCUT2D eigenvalue weighted by Crippen LogP contribution is 2.34. The van der Waals surface area contributed by atoms with Crippen molar-refractivity contribution in [3.63, 3.8) is 0 Å². The summed E-state index contributed by atoms with van der Waals surface area (Å²) in [5.74, 6) is 0.371. The first-order valence-electron chi connectivity index (χ1n) is 9.60. The number of carbonyl (C=O) groups is 1. The van der Waals surface area contributed by atoms with Gasteiger partial charge in [-0.1, -0.05) is 67.9 Å². The molecule has 0 radical (unpaired) electrons. The van der Waals surface area contributed by atoms with Gasteiger partial charge in [0.1, 0.15) is 0 Å². The van der Waals surface area contributed by atoms with Crippen LogP contribution in [0.3, 0.4) is 0 Å². The number of carbonyl (C=O) groups excluding carboxylic acids is 1. The highest BCUT2D eigenvalue weighted by molar-refractivity contribution is 7.91. The van der Waals surface area contributed by atoms with Gasteiger partial charge in [-0.2, -0.15) is 0 Å². The third-order valence-electron chi connectivity index (χ3n) is 5.35. The van der Waals surface area contributed by atoms with Crippen LogP contribution >= 0.6 is 11.6 Å². The summed E-state index contributed by atoms with van der Waals surface area (Å²) in [5, 5.41) is -0.203. The number of sulfone groups is 1. The van der Waals surface area contributed by atoms with Gasteiger partial charge in [0.25, 0.3) is 0 Å². The Morgan fingerprint density at radius 3 is 2.43 bits per heavy atom. The van der Waals surface area contributed by atoms with E-state index in [1.807, 2.05) is 24.3 Å². The Morgan fingerprint density at radius 2 is 1.79 bits per heavy atom. The SMILES string of the molecule is CC(C)c1ccc(CC(=O)N2CCC(c3ccccc3Cl)S(=O)(=O)CC2)cc1. The van der Waals surface area contributed by atoms with Gasteiger partial charge in [0.15, 0.2) is 9.84 Å². The van der Waals surface area contributed by atoms with Crippen LogP contribution in [0.15, 0.2) is 48.5 Å². The average molecular weight is 420 g/mol. The van der Waals surface area contributed by atoms with Crippen LogP contribution in [-0.4, -0.2) is 38.1 Å². The number of hydrogen-bond acceptors (Lipinski definition) is 3. The number of hydrogen-bond donors (Lipinski definition) is 0. The quantitative estimate of drug-likeness (QED) is 0.738. The van der Waals surface area contributed by atoms with E-state index in [9.17, 15) is 13.2 Å². The molecule has 0 aliphatic carbocycles. The van der Waals surface area contributed by atoms with Gasteiger partial charge < -0.3 is 4.90 Å². The van der Waals surface area contributed by atoms with Gasteiger partial charge in [0.05, 0.1) is 17.4 Å². The summed E-state index contributed by atoms with van der Waals surface area (Å²) in [6.45, 7) is 4.91. The average Bonchev–Trinajstić information content (AvgIpc) is 2.81. The maximum atomic E-state index is 12.8. The van der Waals surface area contributed by atoms with E-state index in [-0.39, 0.29) is 24.6 Å². The van der Waals surface area contributed by atoms with Crippen molar-refractivity contribution in [1.82, 2.24) is 4.90 Å². The van der Waals surface area contributed by atoms with Crippen LogP contribution in [0.4, 0.5) is 0 Å². The molecule has 0 bridgehead atoms. The fraction of sp³-hybridized carbons (Fsp3) is 0.409. The Morgan fingerprint density at radius 1 is 1.11 bits per heavy atom. The van der Waals surface area contributed by atoms with Crippen molar-refractivity contribution in [2.45, 2.75) is 37.9 Å². The number of benzene rings is 2. The highest BCUT2D eigenvalue weighted by Gasteiger charge is 2.33. The first-order chi connectivity index (χ1) is 13.3. The van der Waals surface area contributed by atoms with Crippen molar-refractivity contribution < 1.29 is 13.2 Å². The normalized spacial score (nSPS) is 19.4. The minimum atomic E-state index is -3.37. The topological polar surface area (TPSA) is 54.5 Å². The van der Waals surface area contributed by atoms with Crippen molar-refractivity contribution >= 4 is 27.3 Å². The van der Waals surface area contributed by atoms with Crippen molar-refractivity contribution in [1.29, 1.82) is 0 Å². The monoisotopic (exact) mass is 419 g/mol. The van der Waals surface area contributed by atoms with Crippen LogP contribution in [-0.2, 0) is 21.1 Å². The first kappa shape index (κ1) is 20.9. The molecule has 1 saturated heterocycles. The van der Waals surface area contributed by atoms with Gasteiger partial charge in [-0.25, -0.2) is 8.42 Å². The molecule has 0 aromatic heterocycles. The highest BCUT2D eigenvalue weighted by atomic mass is 35.5. The van der Waals surface area contributed by atoms with E-state index in [2.05, 4.69) is 13.8 Å². The second-order valence-corrected chi connectivity index (χ2v) is 10.3. The minimum absolute atomic E-state index is 0.0349. The van der Waals surface area contributed by atoms with Crippen molar-refractivity contribution in [2.75, 3.05) is 18.8 Å². The maximum Gasteiger partial charge on any atom is 0.227 e. The number of nitrogens with zero attached hydrogens (tertiary/aromatic N) is 1.